The maximum Gasteiger partial charge on any atom is 0.272 e. The van der Waals surface area contributed by atoms with E-state index >= 15 is 0 Å². The van der Waals surface area contributed by atoms with Crippen molar-refractivity contribution in [1.82, 2.24) is 5.43 Å². The lowest BCUT2D eigenvalue weighted by Crippen LogP contribution is -2.20. The number of amides is 1. The van der Waals surface area contributed by atoms with Gasteiger partial charge in [0.15, 0.2) is 11.5 Å². The molecule has 2 aromatic rings. The SMILES string of the molecule is CC/C(=N/NC(=O)c1ccc(Cl)cc1Cl)c1ccc(OC)c(OC)c1. The predicted octanol–water partition coefficient (Wildman–Crippen LogP) is 4.55. The maximum atomic E-state index is 12.3. The zero-order chi connectivity index (χ0) is 18.4. The molecule has 0 unspecified atom stereocenters. The van der Waals surface area contributed by atoms with Gasteiger partial charge in [-0.2, -0.15) is 5.10 Å². The first-order valence-electron chi connectivity index (χ1n) is 7.54. The molecule has 0 saturated heterocycles. The molecule has 0 saturated carbocycles. The number of ether oxygens (including phenoxy) is 2. The standard InChI is InChI=1S/C18H18Cl2N2O3/c1-4-15(11-5-8-16(24-2)17(9-11)25-3)21-22-18(23)13-7-6-12(19)10-14(13)20/h5-10H,4H2,1-3H3,(H,22,23)/b21-15-. The molecule has 1 N–H and O–H groups in total. The van der Waals surface area contributed by atoms with Crippen LogP contribution in [-0.2, 0) is 0 Å². The Bertz CT molecular complexity index is 807. The van der Waals surface area contributed by atoms with Gasteiger partial charge < -0.3 is 9.47 Å². The summed E-state index contributed by atoms with van der Waals surface area (Å²) in [4.78, 5) is 12.3. The predicted molar refractivity (Wildman–Crippen MR) is 100 cm³/mol. The second-order valence-electron chi connectivity index (χ2n) is 5.05. The molecular weight excluding hydrogens is 363 g/mol. The fourth-order valence-corrected chi connectivity index (χ4v) is 2.71. The summed E-state index contributed by atoms with van der Waals surface area (Å²) in [5.41, 5.74) is 4.34. The molecule has 7 heteroatoms. The Morgan fingerprint density at radius 1 is 1.08 bits per heavy atom. The summed E-state index contributed by atoms with van der Waals surface area (Å²) < 4.78 is 10.5. The highest BCUT2D eigenvalue weighted by molar-refractivity contribution is 6.36. The molecule has 2 aromatic carbocycles. The third-order valence-electron chi connectivity index (χ3n) is 3.52. The molecule has 1 amide bonds. The van der Waals surface area contributed by atoms with Crippen molar-refractivity contribution < 1.29 is 14.3 Å². The Labute approximate surface area is 156 Å². The molecule has 0 heterocycles. The van der Waals surface area contributed by atoms with Crippen LogP contribution in [0, 0.1) is 0 Å². The van der Waals surface area contributed by atoms with Crippen molar-refractivity contribution in [3.05, 3.63) is 57.6 Å². The lowest BCUT2D eigenvalue weighted by Gasteiger charge is -2.11. The van der Waals surface area contributed by atoms with Crippen molar-refractivity contribution in [1.29, 1.82) is 0 Å². The van der Waals surface area contributed by atoms with E-state index in [2.05, 4.69) is 10.5 Å². The first kappa shape index (κ1) is 19.1. The van der Waals surface area contributed by atoms with Crippen molar-refractivity contribution in [2.45, 2.75) is 13.3 Å². The Morgan fingerprint density at radius 3 is 2.40 bits per heavy atom. The number of nitrogens with zero attached hydrogens (tertiary/aromatic N) is 1. The van der Waals surface area contributed by atoms with Crippen LogP contribution in [-0.4, -0.2) is 25.8 Å². The smallest absolute Gasteiger partial charge is 0.272 e. The van der Waals surface area contributed by atoms with Gasteiger partial charge in [0.25, 0.3) is 5.91 Å². The molecule has 0 bridgehead atoms. The molecular formula is C18H18Cl2N2O3. The summed E-state index contributed by atoms with van der Waals surface area (Å²) in [6, 6.07) is 10.1. The molecule has 0 aromatic heterocycles. The molecule has 132 valence electrons. The van der Waals surface area contributed by atoms with Crippen LogP contribution in [0.25, 0.3) is 0 Å². The first-order valence-corrected chi connectivity index (χ1v) is 8.30. The average molecular weight is 381 g/mol. The topological polar surface area (TPSA) is 59.9 Å². The normalized spacial score (nSPS) is 11.2. The van der Waals surface area contributed by atoms with Gasteiger partial charge in [0, 0.05) is 10.6 Å². The van der Waals surface area contributed by atoms with Crippen LogP contribution in [0.5, 0.6) is 11.5 Å². The van der Waals surface area contributed by atoms with Gasteiger partial charge in [-0.05, 0) is 42.8 Å². The Kier molecular flexibility index (Phi) is 6.67. The van der Waals surface area contributed by atoms with E-state index in [0.29, 0.717) is 34.2 Å². The van der Waals surface area contributed by atoms with E-state index in [1.165, 1.54) is 6.07 Å². The number of carbonyl (C=O) groups is 1. The number of hydrazone groups is 1. The van der Waals surface area contributed by atoms with Gasteiger partial charge in [0.05, 0.1) is 30.5 Å². The third-order valence-corrected chi connectivity index (χ3v) is 4.07. The fourth-order valence-electron chi connectivity index (χ4n) is 2.22. The highest BCUT2D eigenvalue weighted by Gasteiger charge is 2.12. The molecule has 0 fully saturated rings. The van der Waals surface area contributed by atoms with E-state index in [-0.39, 0.29) is 5.02 Å². The molecule has 5 nitrogen and oxygen atoms in total. The Hall–Kier alpha value is -2.24. The molecule has 0 radical (unpaired) electrons. The van der Waals surface area contributed by atoms with Gasteiger partial charge in [0.1, 0.15) is 0 Å². The summed E-state index contributed by atoms with van der Waals surface area (Å²) in [7, 11) is 3.14. The number of methoxy groups -OCH3 is 2. The van der Waals surface area contributed by atoms with Crippen molar-refractivity contribution in [3.63, 3.8) is 0 Å². The second-order valence-corrected chi connectivity index (χ2v) is 5.89. The fraction of sp³-hybridized carbons (Fsp3) is 0.222. The van der Waals surface area contributed by atoms with E-state index in [9.17, 15) is 4.79 Å². The summed E-state index contributed by atoms with van der Waals surface area (Å²) in [5, 5.41) is 4.94. The van der Waals surface area contributed by atoms with E-state index < -0.39 is 5.91 Å². The summed E-state index contributed by atoms with van der Waals surface area (Å²) in [6.45, 7) is 1.94. The number of hydrogen-bond acceptors (Lipinski definition) is 4. The number of hydrogen-bond donors (Lipinski definition) is 1. The van der Waals surface area contributed by atoms with Gasteiger partial charge in [0.2, 0.25) is 0 Å². The summed E-state index contributed by atoms with van der Waals surface area (Å²) >= 11 is 11.9. The lowest BCUT2D eigenvalue weighted by molar-refractivity contribution is 0.0955. The monoisotopic (exact) mass is 380 g/mol. The summed E-state index contributed by atoms with van der Waals surface area (Å²) in [6.07, 6.45) is 0.615. The number of nitrogens with one attached hydrogen (secondary N) is 1. The number of benzene rings is 2. The molecule has 0 aliphatic heterocycles. The number of carbonyl (C=O) groups excluding carboxylic acids is 1. The van der Waals surface area contributed by atoms with Crippen molar-refractivity contribution >= 4 is 34.8 Å². The van der Waals surface area contributed by atoms with Crippen LogP contribution in [0.15, 0.2) is 41.5 Å². The third kappa shape index (κ3) is 4.65. The molecule has 0 atom stereocenters. The van der Waals surface area contributed by atoms with Crippen LogP contribution < -0.4 is 14.9 Å². The van der Waals surface area contributed by atoms with Gasteiger partial charge in [-0.15, -0.1) is 0 Å². The minimum Gasteiger partial charge on any atom is -0.493 e. The zero-order valence-electron chi connectivity index (χ0n) is 14.1. The first-order chi connectivity index (χ1) is 12.0. The van der Waals surface area contributed by atoms with Gasteiger partial charge in [-0.3, -0.25) is 4.79 Å². The highest BCUT2D eigenvalue weighted by atomic mass is 35.5. The van der Waals surface area contributed by atoms with Crippen LogP contribution in [0.1, 0.15) is 29.3 Å². The van der Waals surface area contributed by atoms with E-state index in [0.717, 1.165) is 5.56 Å². The van der Waals surface area contributed by atoms with E-state index in [4.69, 9.17) is 32.7 Å². The van der Waals surface area contributed by atoms with Crippen LogP contribution in [0.4, 0.5) is 0 Å². The van der Waals surface area contributed by atoms with Crippen molar-refractivity contribution in [2.75, 3.05) is 14.2 Å². The molecule has 2 rings (SSSR count). The maximum absolute atomic E-state index is 12.3. The quantitative estimate of drug-likeness (QED) is 0.590. The summed E-state index contributed by atoms with van der Waals surface area (Å²) in [5.74, 6) is 0.806. The minimum atomic E-state index is -0.409. The van der Waals surface area contributed by atoms with E-state index in [1.54, 1.807) is 32.4 Å². The number of rotatable bonds is 6. The van der Waals surface area contributed by atoms with Gasteiger partial charge >= 0.3 is 0 Å². The molecule has 0 spiro atoms. The minimum absolute atomic E-state index is 0.268. The molecule has 0 aliphatic rings. The Balaban J connectivity index is 2.24. The van der Waals surface area contributed by atoms with E-state index in [1.807, 2.05) is 19.1 Å². The largest absolute Gasteiger partial charge is 0.493 e. The van der Waals surface area contributed by atoms with Crippen LogP contribution in [0.3, 0.4) is 0 Å². The van der Waals surface area contributed by atoms with Crippen molar-refractivity contribution in [3.8, 4) is 11.5 Å². The van der Waals surface area contributed by atoms with Crippen LogP contribution in [0.2, 0.25) is 10.0 Å². The lowest BCUT2D eigenvalue weighted by atomic mass is 10.1. The van der Waals surface area contributed by atoms with Crippen LogP contribution >= 0.6 is 23.2 Å². The van der Waals surface area contributed by atoms with Gasteiger partial charge in [-0.1, -0.05) is 30.1 Å². The average Bonchev–Trinajstić information content (AvgIpc) is 2.61. The molecule has 0 aliphatic carbocycles. The number of halogens is 2. The van der Waals surface area contributed by atoms with Crippen molar-refractivity contribution in [2.24, 2.45) is 5.10 Å². The van der Waals surface area contributed by atoms with Gasteiger partial charge in [-0.25, -0.2) is 5.43 Å². The second kappa shape index (κ2) is 8.74. The zero-order valence-corrected chi connectivity index (χ0v) is 15.6. The highest BCUT2D eigenvalue weighted by Crippen LogP contribution is 2.28. The molecule has 25 heavy (non-hydrogen) atoms. The Morgan fingerprint density at radius 2 is 1.80 bits per heavy atom.